The summed E-state index contributed by atoms with van der Waals surface area (Å²) in [5, 5.41) is 1.71. The average Bonchev–Trinajstić information content (AvgIpc) is 2.88. The van der Waals surface area contributed by atoms with E-state index in [-0.39, 0.29) is 22.4 Å². The van der Waals surface area contributed by atoms with E-state index in [1.54, 1.807) is 79.7 Å². The van der Waals surface area contributed by atoms with E-state index in [4.69, 9.17) is 26.4 Å². The predicted octanol–water partition coefficient (Wildman–Crippen LogP) is 6.75. The summed E-state index contributed by atoms with van der Waals surface area (Å²) in [7, 11) is 1.47. The van der Waals surface area contributed by atoms with Crippen LogP contribution >= 0.6 is 12.2 Å². The third-order valence-corrected chi connectivity index (χ3v) is 6.72. The smallest absolute Gasteiger partial charge is 0.439 e. The summed E-state index contributed by atoms with van der Waals surface area (Å²) in [4.78, 5) is 55.3. The van der Waals surface area contributed by atoms with E-state index >= 15 is 0 Å². The fraction of sp³-hybridized carbons (Fsp3) is 0.469. The zero-order chi connectivity index (χ0) is 32.2. The van der Waals surface area contributed by atoms with Crippen LogP contribution in [0.2, 0.25) is 0 Å². The number of hydrogen-bond donors (Lipinski definition) is 0. The Morgan fingerprint density at radius 2 is 1.45 bits per heavy atom. The Bertz CT molecular complexity index is 1350. The highest BCUT2D eigenvalue weighted by Crippen LogP contribution is 2.28. The molecule has 0 N–H and O–H groups in total. The average molecular weight is 599 g/mol. The number of nitrogens with zero attached hydrogens (tertiary/aromatic N) is 2. The lowest BCUT2D eigenvalue weighted by Gasteiger charge is -2.42. The summed E-state index contributed by atoms with van der Waals surface area (Å²) in [6, 6.07) is 10.1. The molecule has 0 spiro atoms. The number of aryl methyl sites for hydroxylation is 2. The number of hydrazine groups is 1. The molecule has 2 aromatic rings. The van der Waals surface area contributed by atoms with Crippen LogP contribution in [0.3, 0.4) is 0 Å². The molecule has 0 saturated carbocycles. The van der Waals surface area contributed by atoms with Gasteiger partial charge in [-0.1, -0.05) is 42.4 Å². The van der Waals surface area contributed by atoms with E-state index in [0.29, 0.717) is 16.3 Å². The normalized spacial score (nSPS) is 12.2. The van der Waals surface area contributed by atoms with Gasteiger partial charge in [0.25, 0.3) is 18.1 Å². The molecule has 42 heavy (non-hydrogen) atoms. The molecule has 10 heteroatoms. The van der Waals surface area contributed by atoms with Crippen molar-refractivity contribution in [3.63, 3.8) is 0 Å². The van der Waals surface area contributed by atoms with Crippen molar-refractivity contribution in [1.82, 2.24) is 10.0 Å². The molecule has 0 saturated heterocycles. The Morgan fingerprint density at radius 1 is 0.881 bits per heavy atom. The highest BCUT2D eigenvalue weighted by molar-refractivity contribution is 7.80. The first kappa shape index (κ1) is 34.4. The summed E-state index contributed by atoms with van der Waals surface area (Å²) >= 11 is 5.38. The van der Waals surface area contributed by atoms with Gasteiger partial charge in [0.2, 0.25) is 0 Å². The molecule has 0 heterocycles. The van der Waals surface area contributed by atoms with Gasteiger partial charge in [0.1, 0.15) is 5.75 Å². The second-order valence-electron chi connectivity index (χ2n) is 12.1. The number of imide groups is 1. The molecular formula is C32H42N2O7S. The molecule has 0 bridgehead atoms. The van der Waals surface area contributed by atoms with Crippen LogP contribution in [0.15, 0.2) is 36.4 Å². The Labute approximate surface area is 254 Å². The highest BCUT2D eigenvalue weighted by atomic mass is 32.1. The van der Waals surface area contributed by atoms with Crippen molar-refractivity contribution in [3.8, 4) is 5.75 Å². The summed E-state index contributed by atoms with van der Waals surface area (Å²) in [5.41, 5.74) is 0.481. The molecule has 2 aromatic carbocycles. The second-order valence-corrected chi connectivity index (χ2v) is 12.6. The van der Waals surface area contributed by atoms with Gasteiger partial charge in [-0.3, -0.25) is 14.4 Å². The number of methoxy groups -OCH3 is 1. The zero-order valence-electron chi connectivity index (χ0n) is 26.4. The van der Waals surface area contributed by atoms with Gasteiger partial charge in [-0.05, 0) is 93.0 Å². The van der Waals surface area contributed by atoms with Crippen LogP contribution in [0.5, 0.6) is 5.75 Å². The van der Waals surface area contributed by atoms with Gasteiger partial charge >= 0.3 is 12.1 Å². The third kappa shape index (κ3) is 8.15. The fourth-order valence-corrected chi connectivity index (χ4v) is 4.19. The van der Waals surface area contributed by atoms with Crippen LogP contribution in [0.25, 0.3) is 0 Å². The van der Waals surface area contributed by atoms with Gasteiger partial charge in [0.15, 0.2) is 0 Å². The highest BCUT2D eigenvalue weighted by Gasteiger charge is 2.43. The van der Waals surface area contributed by atoms with Gasteiger partial charge in [-0.15, -0.1) is 5.01 Å². The number of hydrogen-bond acceptors (Lipinski definition) is 8. The van der Waals surface area contributed by atoms with Crippen LogP contribution in [-0.2, 0) is 14.3 Å². The Balaban J connectivity index is 2.76. The van der Waals surface area contributed by atoms with E-state index in [1.807, 2.05) is 19.9 Å². The van der Waals surface area contributed by atoms with Crippen molar-refractivity contribution >= 4 is 41.0 Å². The monoisotopic (exact) mass is 598 g/mol. The van der Waals surface area contributed by atoms with Crippen LogP contribution in [0, 0.1) is 26.2 Å². The van der Waals surface area contributed by atoms with E-state index in [9.17, 15) is 19.2 Å². The molecule has 0 fully saturated rings. The summed E-state index contributed by atoms with van der Waals surface area (Å²) in [6.07, 6.45) is -2.56. The van der Waals surface area contributed by atoms with Gasteiger partial charge in [0, 0.05) is 16.7 Å². The van der Waals surface area contributed by atoms with Crippen molar-refractivity contribution in [3.05, 3.63) is 64.2 Å². The van der Waals surface area contributed by atoms with Crippen LogP contribution in [0.4, 0.5) is 4.79 Å². The summed E-state index contributed by atoms with van der Waals surface area (Å²) < 4.78 is 16.5. The topological polar surface area (TPSA) is 102 Å². The lowest BCUT2D eigenvalue weighted by atomic mass is 9.97. The Morgan fingerprint density at radius 3 is 1.93 bits per heavy atom. The zero-order valence-corrected chi connectivity index (χ0v) is 27.2. The lowest BCUT2D eigenvalue weighted by molar-refractivity contribution is -0.169. The fourth-order valence-electron chi connectivity index (χ4n) is 4.09. The lowest BCUT2D eigenvalue weighted by Crippen LogP contribution is -2.61. The summed E-state index contributed by atoms with van der Waals surface area (Å²) in [6.45, 7) is 17.1. The first-order chi connectivity index (χ1) is 19.3. The quantitative estimate of drug-likeness (QED) is 0.149. The van der Waals surface area contributed by atoms with Gasteiger partial charge < -0.3 is 14.2 Å². The van der Waals surface area contributed by atoms with Crippen molar-refractivity contribution in [1.29, 1.82) is 0 Å². The predicted molar refractivity (Wildman–Crippen MR) is 164 cm³/mol. The molecule has 0 aliphatic rings. The molecule has 0 aliphatic carbocycles. The van der Waals surface area contributed by atoms with E-state index in [0.717, 1.165) is 16.1 Å². The number of thiocarbonyl (C=S) groups is 1. The maximum atomic E-state index is 14.3. The first-order valence-electron chi connectivity index (χ1n) is 13.7. The van der Waals surface area contributed by atoms with Crippen molar-refractivity contribution in [2.45, 2.75) is 87.5 Å². The summed E-state index contributed by atoms with van der Waals surface area (Å²) in [5.74, 6) is -1.69. The molecule has 0 radical (unpaired) electrons. The van der Waals surface area contributed by atoms with Crippen LogP contribution < -0.4 is 4.74 Å². The molecule has 9 nitrogen and oxygen atoms in total. The van der Waals surface area contributed by atoms with E-state index in [2.05, 4.69) is 0 Å². The van der Waals surface area contributed by atoms with Gasteiger partial charge in [-0.25, -0.2) is 9.80 Å². The van der Waals surface area contributed by atoms with Crippen molar-refractivity contribution in [2.24, 2.45) is 5.41 Å². The van der Waals surface area contributed by atoms with Crippen molar-refractivity contribution < 1.29 is 33.4 Å². The Hall–Kier alpha value is -3.79. The van der Waals surface area contributed by atoms with Crippen molar-refractivity contribution in [2.75, 3.05) is 7.11 Å². The maximum absolute atomic E-state index is 14.3. The molecular weight excluding hydrogens is 556 g/mol. The molecule has 1 unspecified atom stereocenters. The molecule has 2 rings (SSSR count). The maximum Gasteiger partial charge on any atom is 0.439 e. The molecule has 0 aliphatic heterocycles. The molecule has 0 aromatic heterocycles. The van der Waals surface area contributed by atoms with Gasteiger partial charge in [0.05, 0.1) is 22.9 Å². The standard InChI is InChI=1S/C32H42N2O7S/c1-12-25(42)28(40-29(37)31(5,6)7)41-30(38)33(27(36)23-14-13-15-24(39-11)21(23)4)34(32(8,9)10)26(35)22-17-19(2)16-20(3)18-22/h13-18,28H,12H2,1-11H3. The minimum Gasteiger partial charge on any atom is -0.496 e. The third-order valence-electron chi connectivity index (χ3n) is 6.24. The number of benzene rings is 2. The molecule has 3 amide bonds. The molecule has 228 valence electrons. The van der Waals surface area contributed by atoms with Crippen LogP contribution in [-0.4, -0.2) is 57.7 Å². The van der Waals surface area contributed by atoms with Crippen LogP contribution in [0.1, 0.15) is 92.3 Å². The van der Waals surface area contributed by atoms with E-state index in [1.165, 1.54) is 13.2 Å². The second kappa shape index (κ2) is 13.5. The number of carbonyl (C=O) groups is 4. The number of ether oxygens (including phenoxy) is 3. The SMILES string of the molecule is CCC(=S)C(OC(=O)N(C(=O)c1cccc(OC)c1C)N(C(=O)c1cc(C)cc(C)c1)C(C)(C)C)OC(=O)C(C)(C)C. The number of esters is 1. The minimum absolute atomic E-state index is 0.107. The largest absolute Gasteiger partial charge is 0.496 e. The Kier molecular flexibility index (Phi) is 11.0. The molecule has 1 atom stereocenters. The number of rotatable bonds is 7. The number of carbonyl (C=O) groups excluding carboxylic acids is 4. The first-order valence-corrected chi connectivity index (χ1v) is 14.1. The van der Waals surface area contributed by atoms with E-state index < -0.39 is 41.1 Å². The number of amides is 3. The van der Waals surface area contributed by atoms with Gasteiger partial charge in [-0.2, -0.15) is 0 Å². The minimum atomic E-state index is -1.57.